The summed E-state index contributed by atoms with van der Waals surface area (Å²) in [5.41, 5.74) is -0.0310. The number of hydrogen-bond acceptors (Lipinski definition) is 8. The lowest BCUT2D eigenvalue weighted by Crippen LogP contribution is -2.59. The Hall–Kier alpha value is -4.48. The van der Waals surface area contributed by atoms with Gasteiger partial charge in [-0.3, -0.25) is 19.2 Å². The van der Waals surface area contributed by atoms with Crippen molar-refractivity contribution in [1.82, 2.24) is 9.80 Å². The molecule has 3 aliphatic rings. The molecule has 2 bridgehead atoms. The highest BCUT2D eigenvalue weighted by Crippen LogP contribution is 2.59. The van der Waals surface area contributed by atoms with Crippen LogP contribution in [0.5, 0.6) is 5.75 Å². The van der Waals surface area contributed by atoms with Gasteiger partial charge < -0.3 is 34.0 Å². The number of anilines is 1. The van der Waals surface area contributed by atoms with Gasteiger partial charge in [0.15, 0.2) is 0 Å². The summed E-state index contributed by atoms with van der Waals surface area (Å²) in [7, 11) is 3.25. The molecule has 3 aliphatic heterocycles. The number of esters is 1. The van der Waals surface area contributed by atoms with E-state index < -0.39 is 59.6 Å². The van der Waals surface area contributed by atoms with Gasteiger partial charge in [0, 0.05) is 25.7 Å². The quantitative estimate of drug-likeness (QED) is 0.177. The smallest absolute Gasteiger partial charge is 0.313 e. The molecule has 3 fully saturated rings. The first-order valence-electron chi connectivity index (χ1n) is 18.2. The number of aliphatic hydroxyl groups is 1. The molecule has 1 N–H and O–H groups in total. The lowest BCUT2D eigenvalue weighted by molar-refractivity contribution is -0.165. The molecule has 11 heteroatoms. The normalized spacial score (nSPS) is 24.9. The number of rotatable bonds is 17. The van der Waals surface area contributed by atoms with Crippen LogP contribution in [0, 0.1) is 17.8 Å². The fourth-order valence-electron chi connectivity index (χ4n) is 8.34. The monoisotopic (exact) mass is 715 g/mol. The van der Waals surface area contributed by atoms with Crippen LogP contribution in [0.4, 0.5) is 5.69 Å². The van der Waals surface area contributed by atoms with E-state index in [9.17, 15) is 24.3 Å². The second-order valence-electron chi connectivity index (χ2n) is 14.5. The Morgan fingerprint density at radius 2 is 1.77 bits per heavy atom. The summed E-state index contributed by atoms with van der Waals surface area (Å²) in [5.74, 6) is -2.80. The van der Waals surface area contributed by atoms with Crippen LogP contribution >= 0.6 is 0 Å². The largest absolute Gasteiger partial charge is 0.497 e. The minimum Gasteiger partial charge on any atom is -0.497 e. The maximum absolute atomic E-state index is 15.0. The molecule has 0 aromatic heterocycles. The third kappa shape index (κ3) is 7.25. The minimum atomic E-state index is -1.32. The van der Waals surface area contributed by atoms with E-state index in [1.165, 1.54) is 4.90 Å². The fraction of sp³-hybridized carbons (Fsp3) is 0.512. The Balaban J connectivity index is 1.53. The van der Waals surface area contributed by atoms with Crippen molar-refractivity contribution in [3.8, 4) is 5.75 Å². The number of carbonyl (C=O) groups excluding carboxylic acids is 4. The molecule has 2 aromatic carbocycles. The Kier molecular flexibility index (Phi) is 12.3. The molecule has 0 aliphatic carbocycles. The van der Waals surface area contributed by atoms with Gasteiger partial charge in [-0.15, -0.1) is 13.2 Å². The van der Waals surface area contributed by atoms with E-state index in [0.717, 1.165) is 0 Å². The van der Waals surface area contributed by atoms with Crippen molar-refractivity contribution in [2.45, 2.75) is 88.8 Å². The highest BCUT2D eigenvalue weighted by molar-refractivity contribution is 6.05. The highest BCUT2D eigenvalue weighted by atomic mass is 16.6. The van der Waals surface area contributed by atoms with Crippen LogP contribution in [0.3, 0.4) is 0 Å². The van der Waals surface area contributed by atoms with E-state index in [-0.39, 0.29) is 37.3 Å². The van der Waals surface area contributed by atoms with Gasteiger partial charge in [-0.05, 0) is 68.4 Å². The van der Waals surface area contributed by atoms with Gasteiger partial charge in [-0.2, -0.15) is 0 Å². The standard InChI is InChI=1S/C41H53N3O8/c1-8-10-16-33(46)42(6)27(5)36(28-14-12-11-13-15-28)51-40(49)34-32-21-22-41(52-32)35(34)38(47)44(30(25-45)24-26(3)4)37(41)39(48)43(23-9-2)29-17-19-31(50-7)20-18-29/h8-9,11-15,17-20,26-27,30,32,34-37,45H,1-2,10,16,21-25H2,3-7H3/t27-,30+,32+,34-,35-,36+,37+,41-/m0/s1. The lowest BCUT2D eigenvalue weighted by Gasteiger charge is -2.39. The van der Waals surface area contributed by atoms with Gasteiger partial charge in [0.25, 0.3) is 5.91 Å². The zero-order valence-electron chi connectivity index (χ0n) is 31.0. The molecule has 8 atom stereocenters. The first-order valence-corrected chi connectivity index (χ1v) is 18.2. The number of nitrogens with zero attached hydrogens (tertiary/aromatic N) is 3. The van der Waals surface area contributed by atoms with Crippen molar-refractivity contribution < 1.29 is 38.5 Å². The number of likely N-dealkylation sites (N-methyl/N-ethyl adjacent to an activating group) is 1. The second-order valence-corrected chi connectivity index (χ2v) is 14.5. The lowest BCUT2D eigenvalue weighted by atomic mass is 9.70. The SMILES string of the molecule is C=CCCC(=O)N(C)[C@@H](C)[C@@H](OC(=O)[C@@H]1[C@H]2C(=O)N([C@@H](CO)CC(C)C)[C@H](C(=O)N(CC=C)c3ccc(OC)cc3)[C@]23CC[C@H]1O3)c1ccccc1. The maximum atomic E-state index is 15.0. The number of hydrogen-bond donors (Lipinski definition) is 1. The first-order chi connectivity index (χ1) is 24.9. The van der Waals surface area contributed by atoms with E-state index in [2.05, 4.69) is 13.2 Å². The average Bonchev–Trinajstić information content (AvgIpc) is 3.80. The maximum Gasteiger partial charge on any atom is 0.313 e. The Bertz CT molecular complexity index is 1610. The van der Waals surface area contributed by atoms with E-state index in [0.29, 0.717) is 42.7 Å². The molecule has 52 heavy (non-hydrogen) atoms. The number of likely N-dealkylation sites (tertiary alicyclic amines) is 1. The number of aliphatic hydroxyl groups excluding tert-OH is 1. The summed E-state index contributed by atoms with van der Waals surface area (Å²) in [6.07, 6.45) is 3.88. The van der Waals surface area contributed by atoms with Crippen LogP contribution in [0.1, 0.15) is 64.5 Å². The van der Waals surface area contributed by atoms with Gasteiger partial charge in [0.05, 0.1) is 43.7 Å². The summed E-state index contributed by atoms with van der Waals surface area (Å²) in [4.78, 5) is 62.0. The van der Waals surface area contributed by atoms with Crippen LogP contribution in [-0.4, -0.2) is 95.7 Å². The third-order valence-corrected chi connectivity index (χ3v) is 10.9. The molecular formula is C41H53N3O8. The highest BCUT2D eigenvalue weighted by Gasteiger charge is 2.75. The van der Waals surface area contributed by atoms with Gasteiger partial charge in [0.2, 0.25) is 11.8 Å². The zero-order chi connectivity index (χ0) is 37.7. The van der Waals surface area contributed by atoms with Gasteiger partial charge in [-0.1, -0.05) is 56.3 Å². The molecule has 1 spiro atoms. The molecule has 280 valence electrons. The Morgan fingerprint density at radius 1 is 1.08 bits per heavy atom. The van der Waals surface area contributed by atoms with E-state index in [1.54, 1.807) is 60.4 Å². The summed E-state index contributed by atoms with van der Waals surface area (Å²) in [6.45, 7) is 13.2. The van der Waals surface area contributed by atoms with Crippen LogP contribution in [0.25, 0.3) is 0 Å². The predicted molar refractivity (Wildman–Crippen MR) is 197 cm³/mol. The second kappa shape index (κ2) is 16.5. The first kappa shape index (κ1) is 38.7. The Labute approximate surface area is 307 Å². The summed E-state index contributed by atoms with van der Waals surface area (Å²) >= 11 is 0. The number of methoxy groups -OCH3 is 1. The van der Waals surface area contributed by atoms with Crippen molar-refractivity contribution in [1.29, 1.82) is 0 Å². The number of fused-ring (bicyclic) bond motifs is 1. The third-order valence-electron chi connectivity index (χ3n) is 10.9. The van der Waals surface area contributed by atoms with Gasteiger partial charge in [0.1, 0.15) is 23.5 Å². The molecule has 3 amide bonds. The summed E-state index contributed by atoms with van der Waals surface area (Å²) in [5, 5.41) is 10.7. The summed E-state index contributed by atoms with van der Waals surface area (Å²) in [6, 6.07) is 13.9. The molecule has 3 saturated heterocycles. The van der Waals surface area contributed by atoms with Crippen molar-refractivity contribution >= 4 is 29.4 Å². The van der Waals surface area contributed by atoms with Crippen molar-refractivity contribution in [2.24, 2.45) is 17.8 Å². The van der Waals surface area contributed by atoms with Crippen LogP contribution < -0.4 is 9.64 Å². The van der Waals surface area contributed by atoms with Gasteiger partial charge in [-0.25, -0.2) is 0 Å². The van der Waals surface area contributed by atoms with Crippen LogP contribution in [0.2, 0.25) is 0 Å². The van der Waals surface area contributed by atoms with Crippen LogP contribution in [-0.2, 0) is 28.7 Å². The van der Waals surface area contributed by atoms with Crippen molar-refractivity contribution in [2.75, 3.05) is 32.2 Å². The number of ether oxygens (including phenoxy) is 3. The van der Waals surface area contributed by atoms with E-state index >= 15 is 0 Å². The van der Waals surface area contributed by atoms with Crippen molar-refractivity contribution in [3.05, 3.63) is 85.5 Å². The van der Waals surface area contributed by atoms with E-state index in [1.807, 2.05) is 51.1 Å². The molecule has 11 nitrogen and oxygen atoms in total. The number of amides is 3. The summed E-state index contributed by atoms with van der Waals surface area (Å²) < 4.78 is 18.4. The molecular weight excluding hydrogens is 662 g/mol. The topological polar surface area (TPSA) is 126 Å². The molecule has 0 radical (unpaired) electrons. The van der Waals surface area contributed by atoms with E-state index in [4.69, 9.17) is 14.2 Å². The molecule has 0 unspecified atom stereocenters. The van der Waals surface area contributed by atoms with Gasteiger partial charge >= 0.3 is 5.97 Å². The average molecular weight is 716 g/mol. The zero-order valence-corrected chi connectivity index (χ0v) is 31.0. The number of allylic oxidation sites excluding steroid dienone is 1. The fourth-order valence-corrected chi connectivity index (χ4v) is 8.34. The van der Waals surface area contributed by atoms with Crippen LogP contribution in [0.15, 0.2) is 79.9 Å². The minimum absolute atomic E-state index is 0.0989. The predicted octanol–water partition coefficient (Wildman–Crippen LogP) is 5.09. The Morgan fingerprint density at radius 3 is 2.37 bits per heavy atom. The number of benzene rings is 2. The molecule has 5 rings (SSSR count). The molecule has 0 saturated carbocycles. The molecule has 2 aromatic rings. The molecule has 3 heterocycles. The number of carbonyl (C=O) groups is 4. The van der Waals surface area contributed by atoms with Crippen molar-refractivity contribution in [3.63, 3.8) is 0 Å².